The van der Waals surface area contributed by atoms with Gasteiger partial charge in [0.25, 0.3) is 0 Å². The SMILES string of the molecule is COc1ccc(CCNC2CCC(N)CC2)cc1Br. The van der Waals surface area contributed by atoms with E-state index in [0.717, 1.165) is 36.0 Å². The molecule has 1 aromatic carbocycles. The van der Waals surface area contributed by atoms with Crippen LogP contribution in [0.1, 0.15) is 31.2 Å². The van der Waals surface area contributed by atoms with E-state index < -0.39 is 0 Å². The molecule has 0 saturated heterocycles. The third kappa shape index (κ3) is 4.48. The van der Waals surface area contributed by atoms with E-state index in [0.29, 0.717) is 12.1 Å². The van der Waals surface area contributed by atoms with Gasteiger partial charge in [-0.1, -0.05) is 6.07 Å². The molecule has 0 unspecified atom stereocenters. The molecule has 2 rings (SSSR count). The molecule has 19 heavy (non-hydrogen) atoms. The van der Waals surface area contributed by atoms with E-state index in [-0.39, 0.29) is 0 Å². The summed E-state index contributed by atoms with van der Waals surface area (Å²) in [7, 11) is 1.69. The highest BCUT2D eigenvalue weighted by Crippen LogP contribution is 2.25. The Balaban J connectivity index is 1.75. The highest BCUT2D eigenvalue weighted by atomic mass is 79.9. The molecule has 1 saturated carbocycles. The standard InChI is InChI=1S/C15H23BrN2O/c1-19-15-7-2-11(10-14(15)16)8-9-18-13-5-3-12(17)4-6-13/h2,7,10,12-13,18H,3-6,8-9,17H2,1H3. The minimum atomic E-state index is 0.426. The molecule has 0 spiro atoms. The van der Waals surface area contributed by atoms with E-state index in [9.17, 15) is 0 Å². The first-order valence-electron chi connectivity index (χ1n) is 7.00. The maximum atomic E-state index is 5.92. The fraction of sp³-hybridized carbons (Fsp3) is 0.600. The number of halogens is 1. The van der Waals surface area contributed by atoms with Gasteiger partial charge in [0, 0.05) is 12.1 Å². The van der Waals surface area contributed by atoms with E-state index in [1.165, 1.54) is 18.4 Å². The summed E-state index contributed by atoms with van der Waals surface area (Å²) in [5.74, 6) is 0.887. The van der Waals surface area contributed by atoms with Crippen LogP contribution in [0.3, 0.4) is 0 Å². The van der Waals surface area contributed by atoms with E-state index in [2.05, 4.69) is 33.4 Å². The van der Waals surface area contributed by atoms with Crippen molar-refractivity contribution < 1.29 is 4.74 Å². The van der Waals surface area contributed by atoms with Gasteiger partial charge in [-0.3, -0.25) is 0 Å². The van der Waals surface area contributed by atoms with Crippen LogP contribution in [0.15, 0.2) is 22.7 Å². The number of rotatable bonds is 5. The minimum absolute atomic E-state index is 0.426. The molecule has 1 aliphatic carbocycles. The van der Waals surface area contributed by atoms with Crippen molar-refractivity contribution in [2.24, 2.45) is 5.73 Å². The summed E-state index contributed by atoms with van der Waals surface area (Å²) in [5, 5.41) is 3.64. The van der Waals surface area contributed by atoms with Crippen molar-refractivity contribution in [2.45, 2.75) is 44.2 Å². The molecule has 3 N–H and O–H groups in total. The van der Waals surface area contributed by atoms with Crippen LogP contribution in [0.25, 0.3) is 0 Å². The zero-order chi connectivity index (χ0) is 13.7. The fourth-order valence-corrected chi connectivity index (χ4v) is 3.20. The van der Waals surface area contributed by atoms with Crippen molar-refractivity contribution in [1.82, 2.24) is 5.32 Å². The lowest BCUT2D eigenvalue weighted by molar-refractivity contribution is 0.344. The van der Waals surface area contributed by atoms with Crippen LogP contribution < -0.4 is 15.8 Å². The summed E-state index contributed by atoms with van der Waals surface area (Å²) in [6.45, 7) is 1.03. The van der Waals surface area contributed by atoms with Crippen molar-refractivity contribution in [3.8, 4) is 5.75 Å². The summed E-state index contributed by atoms with van der Waals surface area (Å²) in [5.41, 5.74) is 7.24. The number of methoxy groups -OCH3 is 1. The third-order valence-electron chi connectivity index (χ3n) is 3.83. The van der Waals surface area contributed by atoms with Gasteiger partial charge in [0.2, 0.25) is 0 Å². The molecule has 0 bridgehead atoms. The first-order valence-corrected chi connectivity index (χ1v) is 7.79. The number of ether oxygens (including phenoxy) is 1. The molecule has 0 heterocycles. The third-order valence-corrected chi connectivity index (χ3v) is 4.45. The summed E-state index contributed by atoms with van der Waals surface area (Å²) in [4.78, 5) is 0. The molecule has 106 valence electrons. The second-order valence-electron chi connectivity index (χ2n) is 5.28. The average Bonchev–Trinajstić information content (AvgIpc) is 2.41. The van der Waals surface area contributed by atoms with Crippen molar-refractivity contribution in [1.29, 1.82) is 0 Å². The van der Waals surface area contributed by atoms with E-state index in [1.807, 2.05) is 6.07 Å². The molecule has 0 aliphatic heterocycles. The zero-order valence-corrected chi connectivity index (χ0v) is 13.1. The number of nitrogens with one attached hydrogen (secondary N) is 1. The van der Waals surface area contributed by atoms with Crippen LogP contribution >= 0.6 is 15.9 Å². The summed E-state index contributed by atoms with van der Waals surface area (Å²) < 4.78 is 6.26. The molecule has 0 radical (unpaired) electrons. The average molecular weight is 327 g/mol. The largest absolute Gasteiger partial charge is 0.496 e. The van der Waals surface area contributed by atoms with Crippen molar-refractivity contribution in [3.05, 3.63) is 28.2 Å². The zero-order valence-electron chi connectivity index (χ0n) is 11.5. The lowest BCUT2D eigenvalue weighted by Crippen LogP contribution is -2.38. The fourth-order valence-electron chi connectivity index (χ4n) is 2.61. The molecule has 1 aromatic rings. The van der Waals surface area contributed by atoms with E-state index >= 15 is 0 Å². The lowest BCUT2D eigenvalue weighted by atomic mass is 9.92. The number of benzene rings is 1. The Bertz CT molecular complexity index is 403. The van der Waals surface area contributed by atoms with Gasteiger partial charge < -0.3 is 15.8 Å². The maximum absolute atomic E-state index is 5.92. The Morgan fingerprint density at radius 2 is 2.05 bits per heavy atom. The monoisotopic (exact) mass is 326 g/mol. The van der Waals surface area contributed by atoms with Crippen molar-refractivity contribution in [3.63, 3.8) is 0 Å². The summed E-state index contributed by atoms with van der Waals surface area (Å²) in [6, 6.07) is 7.36. The van der Waals surface area contributed by atoms with Crippen LogP contribution in [0.2, 0.25) is 0 Å². The molecule has 0 atom stereocenters. The normalized spacial score (nSPS) is 23.3. The second-order valence-corrected chi connectivity index (χ2v) is 6.14. The maximum Gasteiger partial charge on any atom is 0.133 e. The van der Waals surface area contributed by atoms with Crippen LogP contribution in [0.4, 0.5) is 0 Å². The van der Waals surface area contributed by atoms with Gasteiger partial charge in [-0.15, -0.1) is 0 Å². The molecule has 1 aliphatic rings. The minimum Gasteiger partial charge on any atom is -0.496 e. The van der Waals surface area contributed by atoms with Gasteiger partial charge in [-0.2, -0.15) is 0 Å². The number of hydrogen-bond donors (Lipinski definition) is 2. The van der Waals surface area contributed by atoms with Crippen molar-refractivity contribution >= 4 is 15.9 Å². The van der Waals surface area contributed by atoms with Gasteiger partial charge in [-0.05, 0) is 72.3 Å². The Kier molecular flexibility index (Phi) is 5.67. The Labute approximate surface area is 124 Å². The van der Waals surface area contributed by atoms with Crippen LogP contribution in [-0.2, 0) is 6.42 Å². The predicted octanol–water partition coefficient (Wildman–Crippen LogP) is 2.86. The number of hydrogen-bond acceptors (Lipinski definition) is 3. The highest BCUT2D eigenvalue weighted by molar-refractivity contribution is 9.10. The van der Waals surface area contributed by atoms with E-state index in [4.69, 9.17) is 10.5 Å². The molecule has 0 amide bonds. The molecular weight excluding hydrogens is 304 g/mol. The Morgan fingerprint density at radius 1 is 1.32 bits per heavy atom. The first-order chi connectivity index (χ1) is 9.19. The molecule has 0 aromatic heterocycles. The van der Waals surface area contributed by atoms with Crippen LogP contribution in [-0.4, -0.2) is 25.7 Å². The molecular formula is C15H23BrN2O. The molecule has 3 nitrogen and oxygen atoms in total. The van der Waals surface area contributed by atoms with Crippen LogP contribution in [0.5, 0.6) is 5.75 Å². The van der Waals surface area contributed by atoms with Gasteiger partial charge in [0.15, 0.2) is 0 Å². The first kappa shape index (κ1) is 14.8. The lowest BCUT2D eigenvalue weighted by Gasteiger charge is -2.26. The van der Waals surface area contributed by atoms with Crippen LogP contribution in [0, 0.1) is 0 Å². The highest BCUT2D eigenvalue weighted by Gasteiger charge is 2.17. The number of nitrogens with two attached hydrogens (primary N) is 1. The molecule has 1 fully saturated rings. The van der Waals surface area contributed by atoms with Gasteiger partial charge in [0.1, 0.15) is 5.75 Å². The summed E-state index contributed by atoms with van der Waals surface area (Å²) in [6.07, 6.45) is 5.80. The Hall–Kier alpha value is -0.580. The quantitative estimate of drug-likeness (QED) is 0.874. The smallest absolute Gasteiger partial charge is 0.133 e. The molecule has 4 heteroatoms. The summed E-state index contributed by atoms with van der Waals surface area (Å²) >= 11 is 3.52. The van der Waals surface area contributed by atoms with Gasteiger partial charge >= 0.3 is 0 Å². The second kappa shape index (κ2) is 7.27. The topological polar surface area (TPSA) is 47.3 Å². The van der Waals surface area contributed by atoms with Crippen molar-refractivity contribution in [2.75, 3.05) is 13.7 Å². The predicted molar refractivity (Wildman–Crippen MR) is 82.6 cm³/mol. The van der Waals surface area contributed by atoms with Gasteiger partial charge in [-0.25, -0.2) is 0 Å². The Morgan fingerprint density at radius 3 is 2.68 bits per heavy atom. The van der Waals surface area contributed by atoms with E-state index in [1.54, 1.807) is 7.11 Å². The van der Waals surface area contributed by atoms with Gasteiger partial charge in [0.05, 0.1) is 11.6 Å².